The zero-order valence-electron chi connectivity index (χ0n) is 15.2. The quantitative estimate of drug-likeness (QED) is 0.583. The molecular formula is C19H20ClN3O4S. The van der Waals surface area contributed by atoms with E-state index in [2.05, 4.69) is 15.0 Å². The van der Waals surface area contributed by atoms with Gasteiger partial charge in [-0.3, -0.25) is 19.5 Å². The first kappa shape index (κ1) is 20.4. The summed E-state index contributed by atoms with van der Waals surface area (Å²) in [4.78, 5) is 43.2. The summed E-state index contributed by atoms with van der Waals surface area (Å²) in [5.41, 5.74) is 0.933. The average molecular weight is 422 g/mol. The number of aliphatic imine (C=N–C) groups is 1. The number of halogens is 1. The minimum Gasteiger partial charge on any atom is -0.465 e. The molecule has 0 atom stereocenters. The summed E-state index contributed by atoms with van der Waals surface area (Å²) in [7, 11) is 1.31. The van der Waals surface area contributed by atoms with Crippen LogP contribution < -0.4 is 5.32 Å². The number of anilines is 1. The van der Waals surface area contributed by atoms with E-state index in [4.69, 9.17) is 0 Å². The van der Waals surface area contributed by atoms with E-state index >= 15 is 0 Å². The number of hydrogen-bond acceptors (Lipinski definition) is 6. The van der Waals surface area contributed by atoms with E-state index in [1.165, 1.54) is 24.9 Å². The standard InChI is InChI=1S/C19H19N3O4S.ClH/c1-26-18(25)11-2-4-12(5-3-11)20-16(23)10-15-17(24)22(14-8-9-14)19(27-15)21-13-6-7-13;/h2-5,10,13-14H,6-9H2,1H3,(H,20,23);1H/b15-10-,21-19?;. The minimum atomic E-state index is -0.439. The number of nitrogens with zero attached hydrogens (tertiary/aromatic N) is 2. The van der Waals surface area contributed by atoms with E-state index in [1.807, 2.05) is 0 Å². The predicted octanol–water partition coefficient (Wildman–Crippen LogP) is 2.97. The lowest BCUT2D eigenvalue weighted by atomic mass is 10.2. The van der Waals surface area contributed by atoms with Gasteiger partial charge in [0, 0.05) is 17.8 Å². The maximum Gasteiger partial charge on any atom is 0.337 e. The SMILES string of the molecule is COC(=O)c1ccc(NC(=O)/C=C2\SC(=NC3CC3)N(C3CC3)C2=O)cc1.Cl. The molecule has 0 unspecified atom stereocenters. The Bertz CT molecular complexity index is 860. The molecule has 2 saturated carbocycles. The summed E-state index contributed by atoms with van der Waals surface area (Å²) in [6.45, 7) is 0. The first-order chi connectivity index (χ1) is 13.0. The molecule has 0 bridgehead atoms. The maximum absolute atomic E-state index is 12.7. The number of carbonyl (C=O) groups is 3. The van der Waals surface area contributed by atoms with Crippen LogP contribution in [0.4, 0.5) is 5.69 Å². The van der Waals surface area contributed by atoms with E-state index in [0.29, 0.717) is 22.2 Å². The molecule has 0 aromatic heterocycles. The number of amides is 2. The maximum atomic E-state index is 12.7. The number of methoxy groups -OCH3 is 1. The highest BCUT2D eigenvalue weighted by molar-refractivity contribution is 8.18. The summed E-state index contributed by atoms with van der Waals surface area (Å²) in [5.74, 6) is -0.969. The lowest BCUT2D eigenvalue weighted by molar-refractivity contribution is -0.123. The van der Waals surface area contributed by atoms with Crippen molar-refractivity contribution in [3.8, 4) is 0 Å². The number of rotatable bonds is 5. The van der Waals surface area contributed by atoms with E-state index < -0.39 is 5.97 Å². The van der Waals surface area contributed by atoms with Gasteiger partial charge >= 0.3 is 5.97 Å². The first-order valence-corrected chi connectivity index (χ1v) is 9.67. The highest BCUT2D eigenvalue weighted by Gasteiger charge is 2.43. The molecule has 2 aliphatic carbocycles. The Hall–Kier alpha value is -2.32. The van der Waals surface area contributed by atoms with Crippen molar-refractivity contribution in [2.24, 2.45) is 4.99 Å². The lowest BCUT2D eigenvalue weighted by Gasteiger charge is -2.13. The third-order valence-corrected chi connectivity index (χ3v) is 5.42. The fourth-order valence-corrected chi connectivity index (χ4v) is 3.78. The van der Waals surface area contributed by atoms with Crippen molar-refractivity contribution in [2.75, 3.05) is 12.4 Å². The van der Waals surface area contributed by atoms with Crippen LogP contribution in [-0.2, 0) is 14.3 Å². The van der Waals surface area contributed by atoms with E-state index in [1.54, 1.807) is 29.2 Å². The first-order valence-electron chi connectivity index (χ1n) is 8.85. The van der Waals surface area contributed by atoms with Crippen molar-refractivity contribution in [1.82, 2.24) is 4.90 Å². The molecule has 1 saturated heterocycles. The Labute approximate surface area is 173 Å². The summed E-state index contributed by atoms with van der Waals surface area (Å²) >= 11 is 1.28. The van der Waals surface area contributed by atoms with Crippen LogP contribution in [0.5, 0.6) is 0 Å². The molecule has 1 aliphatic heterocycles. The molecule has 0 radical (unpaired) electrons. The van der Waals surface area contributed by atoms with Gasteiger partial charge in [-0.1, -0.05) is 0 Å². The van der Waals surface area contributed by atoms with Gasteiger partial charge in [-0.05, 0) is 61.7 Å². The van der Waals surface area contributed by atoms with E-state index in [-0.39, 0.29) is 30.3 Å². The molecule has 9 heteroatoms. The molecule has 1 N–H and O–H groups in total. The molecule has 4 rings (SSSR count). The van der Waals surface area contributed by atoms with Crippen LogP contribution in [0.3, 0.4) is 0 Å². The number of amidine groups is 1. The van der Waals surface area contributed by atoms with Crippen LogP contribution >= 0.6 is 24.2 Å². The molecule has 1 aromatic rings. The van der Waals surface area contributed by atoms with Gasteiger partial charge in [-0.2, -0.15) is 0 Å². The highest BCUT2D eigenvalue weighted by atomic mass is 35.5. The van der Waals surface area contributed by atoms with Gasteiger partial charge in [0.1, 0.15) is 0 Å². The van der Waals surface area contributed by atoms with Crippen molar-refractivity contribution < 1.29 is 19.1 Å². The number of benzene rings is 1. The van der Waals surface area contributed by atoms with Crippen LogP contribution in [0.15, 0.2) is 40.2 Å². The number of esters is 1. The topological polar surface area (TPSA) is 88.1 Å². The molecule has 3 fully saturated rings. The smallest absolute Gasteiger partial charge is 0.337 e. The fourth-order valence-electron chi connectivity index (χ4n) is 2.70. The van der Waals surface area contributed by atoms with E-state index in [9.17, 15) is 14.4 Å². The van der Waals surface area contributed by atoms with Gasteiger partial charge in [-0.15, -0.1) is 12.4 Å². The fraction of sp³-hybridized carbons (Fsp3) is 0.368. The molecule has 148 valence electrons. The second-order valence-corrected chi connectivity index (χ2v) is 7.73. The van der Waals surface area contributed by atoms with Gasteiger partial charge < -0.3 is 10.1 Å². The molecule has 1 aromatic carbocycles. The van der Waals surface area contributed by atoms with E-state index in [0.717, 1.165) is 30.9 Å². The van der Waals surface area contributed by atoms with Crippen LogP contribution in [0.1, 0.15) is 36.0 Å². The van der Waals surface area contributed by atoms with Crippen molar-refractivity contribution in [2.45, 2.75) is 37.8 Å². The molecular weight excluding hydrogens is 402 g/mol. The molecule has 0 spiro atoms. The summed E-state index contributed by atoms with van der Waals surface area (Å²) in [6.07, 6.45) is 5.44. The van der Waals surface area contributed by atoms with Crippen molar-refractivity contribution in [1.29, 1.82) is 0 Å². The Morgan fingerprint density at radius 3 is 2.46 bits per heavy atom. The minimum absolute atomic E-state index is 0. The van der Waals surface area contributed by atoms with Crippen LogP contribution in [0, 0.1) is 0 Å². The lowest BCUT2D eigenvalue weighted by Crippen LogP contribution is -2.31. The Morgan fingerprint density at radius 2 is 1.89 bits per heavy atom. The molecule has 7 nitrogen and oxygen atoms in total. The van der Waals surface area contributed by atoms with Gasteiger partial charge in [-0.25, -0.2) is 4.79 Å². The van der Waals surface area contributed by atoms with Gasteiger partial charge in [0.25, 0.3) is 5.91 Å². The summed E-state index contributed by atoms with van der Waals surface area (Å²) in [6, 6.07) is 6.91. The van der Waals surface area contributed by atoms with Gasteiger partial charge in [0.2, 0.25) is 5.91 Å². The number of ether oxygens (including phenoxy) is 1. The molecule has 1 heterocycles. The summed E-state index contributed by atoms with van der Waals surface area (Å²) < 4.78 is 4.64. The van der Waals surface area contributed by atoms with Crippen LogP contribution in [-0.4, -0.2) is 47.0 Å². The number of thioether (sulfide) groups is 1. The number of carbonyl (C=O) groups excluding carboxylic acids is 3. The van der Waals surface area contributed by atoms with Crippen LogP contribution in [0.2, 0.25) is 0 Å². The van der Waals surface area contributed by atoms with Gasteiger partial charge in [0.15, 0.2) is 5.17 Å². The zero-order chi connectivity index (χ0) is 19.0. The van der Waals surface area contributed by atoms with Crippen molar-refractivity contribution in [3.05, 3.63) is 40.8 Å². The largest absolute Gasteiger partial charge is 0.465 e. The zero-order valence-corrected chi connectivity index (χ0v) is 16.8. The average Bonchev–Trinajstić information content (AvgIpc) is 3.57. The highest BCUT2D eigenvalue weighted by Crippen LogP contribution is 2.40. The third kappa shape index (κ3) is 4.56. The molecule has 3 aliphatic rings. The summed E-state index contributed by atoms with van der Waals surface area (Å²) in [5, 5.41) is 3.44. The Morgan fingerprint density at radius 1 is 1.21 bits per heavy atom. The molecule has 2 amide bonds. The van der Waals surface area contributed by atoms with Crippen molar-refractivity contribution >= 4 is 52.8 Å². The van der Waals surface area contributed by atoms with Crippen LogP contribution in [0.25, 0.3) is 0 Å². The second kappa shape index (κ2) is 8.36. The third-order valence-electron chi connectivity index (χ3n) is 4.42. The second-order valence-electron chi connectivity index (χ2n) is 6.72. The predicted molar refractivity (Wildman–Crippen MR) is 110 cm³/mol. The molecule has 28 heavy (non-hydrogen) atoms. The van der Waals surface area contributed by atoms with Crippen molar-refractivity contribution in [3.63, 3.8) is 0 Å². The number of nitrogens with one attached hydrogen (secondary N) is 1. The van der Waals surface area contributed by atoms with Gasteiger partial charge in [0.05, 0.1) is 23.6 Å². The Kier molecular flexibility index (Phi) is 6.10. The monoisotopic (exact) mass is 421 g/mol. The normalized spacial score (nSPS) is 21.6. The number of hydrogen-bond donors (Lipinski definition) is 1. The Balaban J connectivity index is 0.00000225.